The van der Waals surface area contributed by atoms with Gasteiger partial charge in [0.2, 0.25) is 0 Å². The highest BCUT2D eigenvalue weighted by atomic mass is 32.2. The number of anilines is 1. The first-order valence-corrected chi connectivity index (χ1v) is 10.6. The van der Waals surface area contributed by atoms with E-state index in [0.29, 0.717) is 27.8 Å². The quantitative estimate of drug-likeness (QED) is 0.337. The van der Waals surface area contributed by atoms with Crippen LogP contribution in [0.4, 0.5) is 5.69 Å². The third-order valence-electron chi connectivity index (χ3n) is 4.86. The maximum atomic E-state index is 10.6. The molecular formula is C22H27N3O4S. The molecule has 0 amide bonds. The van der Waals surface area contributed by atoms with Gasteiger partial charge in [0.15, 0.2) is 0 Å². The second-order valence-electron chi connectivity index (χ2n) is 7.10. The van der Waals surface area contributed by atoms with Crippen molar-refractivity contribution in [2.24, 2.45) is 0 Å². The number of thioether (sulfide) groups is 1. The molecule has 1 heterocycles. The number of aromatic amines is 1. The lowest BCUT2D eigenvalue weighted by molar-refractivity contribution is 0.322. The van der Waals surface area contributed by atoms with Gasteiger partial charge in [0, 0.05) is 30.0 Å². The maximum Gasteiger partial charge on any atom is 0.141 e. The van der Waals surface area contributed by atoms with Gasteiger partial charge in [-0.15, -0.1) is 11.8 Å². The molecule has 0 radical (unpaired) electrons. The first kappa shape index (κ1) is 21.9. The first-order chi connectivity index (χ1) is 14.4. The highest BCUT2D eigenvalue weighted by Crippen LogP contribution is 2.44. The van der Waals surface area contributed by atoms with Gasteiger partial charge in [-0.2, -0.15) is 5.10 Å². The van der Waals surface area contributed by atoms with Crippen LogP contribution in [0.15, 0.2) is 35.4 Å². The van der Waals surface area contributed by atoms with Crippen molar-refractivity contribution in [3.8, 4) is 39.6 Å². The summed E-state index contributed by atoms with van der Waals surface area (Å²) in [5.74, 6) is 1.30. The molecule has 0 atom stereocenters. The zero-order chi connectivity index (χ0) is 21.8. The highest BCUT2D eigenvalue weighted by Gasteiger charge is 2.22. The van der Waals surface area contributed by atoms with Crippen LogP contribution in [0.1, 0.15) is 25.3 Å². The molecule has 0 spiro atoms. The van der Waals surface area contributed by atoms with Gasteiger partial charge in [0.25, 0.3) is 0 Å². The van der Waals surface area contributed by atoms with Crippen molar-refractivity contribution in [2.45, 2.75) is 24.8 Å². The molecule has 160 valence electrons. The van der Waals surface area contributed by atoms with Crippen LogP contribution in [0.5, 0.6) is 17.2 Å². The van der Waals surface area contributed by atoms with E-state index in [1.54, 1.807) is 13.2 Å². The Bertz CT molecular complexity index is 1030. The monoisotopic (exact) mass is 429 g/mol. The van der Waals surface area contributed by atoms with E-state index in [0.717, 1.165) is 22.4 Å². The fourth-order valence-corrected chi connectivity index (χ4v) is 4.11. The van der Waals surface area contributed by atoms with Gasteiger partial charge in [-0.05, 0) is 35.2 Å². The molecule has 3 rings (SSSR count). The van der Waals surface area contributed by atoms with E-state index < -0.39 is 0 Å². The van der Waals surface area contributed by atoms with E-state index in [9.17, 15) is 15.3 Å². The fourth-order valence-electron chi connectivity index (χ4n) is 3.35. The van der Waals surface area contributed by atoms with Crippen molar-refractivity contribution < 1.29 is 20.1 Å². The topological polar surface area (TPSA) is 111 Å². The zero-order valence-electron chi connectivity index (χ0n) is 17.5. The lowest BCUT2D eigenvalue weighted by Gasteiger charge is -2.14. The SMILES string of the molecule is CNc1cc(-c2c(SCCO)n[nH]c2-c2cc(C(C)C)c(O)cc2O)ccc1OC. The van der Waals surface area contributed by atoms with Gasteiger partial charge in [-0.25, -0.2) is 0 Å². The number of methoxy groups -OCH3 is 1. The van der Waals surface area contributed by atoms with Crippen LogP contribution < -0.4 is 10.1 Å². The Balaban J connectivity index is 2.23. The van der Waals surface area contributed by atoms with Crippen LogP contribution in [0.2, 0.25) is 0 Å². The number of hydrogen-bond acceptors (Lipinski definition) is 7. The van der Waals surface area contributed by atoms with Crippen molar-refractivity contribution in [3.05, 3.63) is 35.9 Å². The lowest BCUT2D eigenvalue weighted by Crippen LogP contribution is -1.95. The molecule has 7 nitrogen and oxygen atoms in total. The number of phenols is 2. The number of rotatable bonds is 8. The number of ether oxygens (including phenoxy) is 1. The smallest absolute Gasteiger partial charge is 0.141 e. The molecule has 2 aromatic carbocycles. The van der Waals surface area contributed by atoms with Crippen LogP contribution >= 0.6 is 11.8 Å². The Labute approximate surface area is 180 Å². The Morgan fingerprint density at radius 3 is 2.57 bits per heavy atom. The molecule has 0 unspecified atom stereocenters. The largest absolute Gasteiger partial charge is 0.508 e. The van der Waals surface area contributed by atoms with Crippen LogP contribution in [0.25, 0.3) is 22.4 Å². The predicted molar refractivity (Wildman–Crippen MR) is 121 cm³/mol. The lowest BCUT2D eigenvalue weighted by atomic mass is 9.95. The van der Waals surface area contributed by atoms with Gasteiger partial charge >= 0.3 is 0 Å². The molecule has 3 aromatic rings. The van der Waals surface area contributed by atoms with Gasteiger partial charge in [0.05, 0.1) is 25.1 Å². The second kappa shape index (κ2) is 9.32. The van der Waals surface area contributed by atoms with Crippen molar-refractivity contribution in [3.63, 3.8) is 0 Å². The fraction of sp³-hybridized carbons (Fsp3) is 0.318. The predicted octanol–water partition coefficient (Wildman–Crippen LogP) is 4.41. The van der Waals surface area contributed by atoms with Crippen LogP contribution in [-0.2, 0) is 0 Å². The molecule has 30 heavy (non-hydrogen) atoms. The third kappa shape index (κ3) is 4.20. The average Bonchev–Trinajstić information content (AvgIpc) is 3.14. The molecular weight excluding hydrogens is 402 g/mol. The summed E-state index contributed by atoms with van der Waals surface area (Å²) >= 11 is 1.43. The molecule has 0 aliphatic heterocycles. The molecule has 1 aromatic heterocycles. The summed E-state index contributed by atoms with van der Waals surface area (Å²) in [6, 6.07) is 8.90. The normalized spacial score (nSPS) is 11.1. The number of nitrogens with zero attached hydrogens (tertiary/aromatic N) is 1. The number of aromatic hydroxyl groups is 2. The van der Waals surface area contributed by atoms with Crippen molar-refractivity contribution >= 4 is 17.4 Å². The van der Waals surface area contributed by atoms with Crippen molar-refractivity contribution in [1.29, 1.82) is 0 Å². The molecule has 0 saturated carbocycles. The Morgan fingerprint density at radius 2 is 1.93 bits per heavy atom. The third-order valence-corrected chi connectivity index (χ3v) is 5.81. The molecule has 5 N–H and O–H groups in total. The van der Waals surface area contributed by atoms with Gasteiger partial charge in [0.1, 0.15) is 22.3 Å². The van der Waals surface area contributed by atoms with Crippen LogP contribution in [0, 0.1) is 0 Å². The summed E-state index contributed by atoms with van der Waals surface area (Å²) < 4.78 is 5.40. The number of benzene rings is 2. The van der Waals surface area contributed by atoms with Gasteiger partial charge in [-0.3, -0.25) is 5.10 Å². The molecule has 0 bridgehead atoms. The Kier molecular flexibility index (Phi) is 6.79. The van der Waals surface area contributed by atoms with Crippen molar-refractivity contribution in [1.82, 2.24) is 10.2 Å². The minimum absolute atomic E-state index is 0.0264. The molecule has 0 fully saturated rings. The number of aromatic nitrogens is 2. The number of hydrogen-bond donors (Lipinski definition) is 5. The number of aliphatic hydroxyl groups excluding tert-OH is 1. The number of H-pyrrole nitrogens is 1. The molecule has 8 heteroatoms. The summed E-state index contributed by atoms with van der Waals surface area (Å²) in [7, 11) is 3.43. The van der Waals surface area contributed by atoms with Gasteiger partial charge in [-0.1, -0.05) is 19.9 Å². The van der Waals surface area contributed by atoms with E-state index in [1.165, 1.54) is 17.8 Å². The summed E-state index contributed by atoms with van der Waals surface area (Å²) in [4.78, 5) is 0. The highest BCUT2D eigenvalue weighted by molar-refractivity contribution is 7.99. The van der Waals surface area contributed by atoms with E-state index in [2.05, 4.69) is 15.5 Å². The van der Waals surface area contributed by atoms with E-state index in [1.807, 2.05) is 39.1 Å². The molecule has 0 saturated heterocycles. The number of aliphatic hydroxyl groups is 1. The number of nitrogens with one attached hydrogen (secondary N) is 2. The summed E-state index contributed by atoms with van der Waals surface area (Å²) in [6.45, 7) is 3.99. The average molecular weight is 430 g/mol. The molecule has 0 aliphatic carbocycles. The first-order valence-electron chi connectivity index (χ1n) is 9.65. The van der Waals surface area contributed by atoms with Crippen molar-refractivity contribution in [2.75, 3.05) is 31.8 Å². The van der Waals surface area contributed by atoms with E-state index in [4.69, 9.17) is 4.74 Å². The Hall–Kier alpha value is -2.84. The van der Waals surface area contributed by atoms with Crippen LogP contribution in [0.3, 0.4) is 0 Å². The van der Waals surface area contributed by atoms with Gasteiger partial charge < -0.3 is 25.4 Å². The van der Waals surface area contributed by atoms with E-state index in [-0.39, 0.29) is 24.0 Å². The number of phenolic OH excluding ortho intramolecular Hbond substituents is 2. The Morgan fingerprint density at radius 1 is 1.17 bits per heavy atom. The maximum absolute atomic E-state index is 10.6. The van der Waals surface area contributed by atoms with Crippen LogP contribution in [-0.4, -0.2) is 52.0 Å². The second-order valence-corrected chi connectivity index (χ2v) is 8.18. The standard InChI is InChI=1S/C22H27N3O4S/c1-12(2)14-10-15(18(28)11-17(14)27)21-20(22(25-24-21)30-8-7-26)13-5-6-19(29-4)16(9-13)23-3/h5-6,9-12,23,26-28H,7-8H2,1-4H3,(H,24,25). The summed E-state index contributed by atoms with van der Waals surface area (Å²) in [5.41, 5.74) is 4.43. The summed E-state index contributed by atoms with van der Waals surface area (Å²) in [6.07, 6.45) is 0. The van der Waals surface area contributed by atoms with E-state index >= 15 is 0 Å². The minimum atomic E-state index is -0.0390. The molecule has 0 aliphatic rings. The minimum Gasteiger partial charge on any atom is -0.508 e. The summed E-state index contributed by atoms with van der Waals surface area (Å²) in [5, 5.41) is 41.4. The zero-order valence-corrected chi connectivity index (χ0v) is 18.3.